The molecule has 3 heterocycles. The van der Waals surface area contributed by atoms with Crippen molar-refractivity contribution in [2.45, 2.75) is 19.9 Å². The molecule has 23 heavy (non-hydrogen) atoms. The molecule has 0 aliphatic heterocycles. The molecule has 0 spiro atoms. The summed E-state index contributed by atoms with van der Waals surface area (Å²) >= 11 is 0. The van der Waals surface area contributed by atoms with Gasteiger partial charge in [-0.1, -0.05) is 13.0 Å². The lowest BCUT2D eigenvalue weighted by Crippen LogP contribution is -2.22. The van der Waals surface area contributed by atoms with Crippen molar-refractivity contribution in [3.63, 3.8) is 0 Å². The Morgan fingerprint density at radius 2 is 2.04 bits per heavy atom. The Kier molecular flexibility index (Phi) is 2.97. The van der Waals surface area contributed by atoms with E-state index in [1.807, 2.05) is 25.1 Å². The van der Waals surface area contributed by atoms with Crippen LogP contribution in [0.5, 0.6) is 0 Å². The molecule has 0 aliphatic carbocycles. The minimum atomic E-state index is -0.108. The Labute approximate surface area is 130 Å². The first-order chi connectivity index (χ1) is 11.2. The smallest absolute Gasteiger partial charge is 0.279 e. The van der Waals surface area contributed by atoms with Gasteiger partial charge in [-0.05, 0) is 34.4 Å². The standard InChI is InChI=1S/C15H14N6O2/c1-3-10-13-14(20(2)17-10)15(22)21(8-16-13)7-9-4-5-11-12(6-9)19-23-18-11/h4-6,8H,3,7H2,1-2H3. The van der Waals surface area contributed by atoms with Gasteiger partial charge in [0, 0.05) is 7.05 Å². The molecule has 0 atom stereocenters. The summed E-state index contributed by atoms with van der Waals surface area (Å²) in [6.07, 6.45) is 2.31. The molecule has 0 saturated heterocycles. The van der Waals surface area contributed by atoms with Crippen LogP contribution in [0.25, 0.3) is 22.1 Å². The van der Waals surface area contributed by atoms with Crippen molar-refractivity contribution in [3.05, 3.63) is 46.1 Å². The minimum absolute atomic E-state index is 0.108. The highest BCUT2D eigenvalue weighted by atomic mass is 16.6. The number of aromatic nitrogens is 6. The molecule has 8 heteroatoms. The Morgan fingerprint density at radius 1 is 1.22 bits per heavy atom. The van der Waals surface area contributed by atoms with Gasteiger partial charge in [-0.3, -0.25) is 14.0 Å². The summed E-state index contributed by atoms with van der Waals surface area (Å²) in [6, 6.07) is 5.56. The summed E-state index contributed by atoms with van der Waals surface area (Å²) in [5.41, 5.74) is 4.20. The molecule has 0 fully saturated rings. The van der Waals surface area contributed by atoms with Crippen molar-refractivity contribution >= 4 is 22.1 Å². The molecule has 0 aliphatic rings. The van der Waals surface area contributed by atoms with Crippen molar-refractivity contribution in [2.24, 2.45) is 7.05 Å². The number of benzene rings is 1. The normalized spacial score (nSPS) is 11.6. The quantitative estimate of drug-likeness (QED) is 0.566. The summed E-state index contributed by atoms with van der Waals surface area (Å²) in [7, 11) is 1.77. The van der Waals surface area contributed by atoms with Gasteiger partial charge in [-0.25, -0.2) is 9.61 Å². The Hall–Kier alpha value is -3.03. The minimum Gasteiger partial charge on any atom is -0.293 e. The van der Waals surface area contributed by atoms with Gasteiger partial charge in [-0.2, -0.15) is 5.10 Å². The van der Waals surface area contributed by atoms with E-state index < -0.39 is 0 Å². The van der Waals surface area contributed by atoms with Crippen molar-refractivity contribution in [2.75, 3.05) is 0 Å². The zero-order valence-electron chi connectivity index (χ0n) is 12.7. The number of fused-ring (bicyclic) bond motifs is 2. The molecule has 0 unspecified atom stereocenters. The van der Waals surface area contributed by atoms with Gasteiger partial charge >= 0.3 is 0 Å². The predicted octanol–water partition coefficient (Wildman–Crippen LogP) is 1.28. The second-order valence-electron chi connectivity index (χ2n) is 5.39. The van der Waals surface area contributed by atoms with Crippen LogP contribution < -0.4 is 5.56 Å². The van der Waals surface area contributed by atoms with Crippen LogP contribution in [0.1, 0.15) is 18.2 Å². The maximum Gasteiger partial charge on any atom is 0.279 e. The Morgan fingerprint density at radius 3 is 2.87 bits per heavy atom. The van der Waals surface area contributed by atoms with Crippen LogP contribution in [-0.2, 0) is 20.0 Å². The lowest BCUT2D eigenvalue weighted by Gasteiger charge is -2.05. The van der Waals surface area contributed by atoms with Crippen LogP contribution in [-0.4, -0.2) is 29.6 Å². The van der Waals surface area contributed by atoms with Crippen molar-refractivity contribution in [1.82, 2.24) is 29.6 Å². The molecule has 1 aromatic carbocycles. The van der Waals surface area contributed by atoms with E-state index in [4.69, 9.17) is 0 Å². The molecule has 0 amide bonds. The van der Waals surface area contributed by atoms with E-state index in [-0.39, 0.29) is 5.56 Å². The number of hydrogen-bond acceptors (Lipinski definition) is 6. The average Bonchev–Trinajstić information content (AvgIpc) is 3.14. The first-order valence-corrected chi connectivity index (χ1v) is 7.29. The lowest BCUT2D eigenvalue weighted by atomic mass is 10.2. The van der Waals surface area contributed by atoms with E-state index in [2.05, 4.69) is 25.0 Å². The van der Waals surface area contributed by atoms with E-state index in [1.54, 1.807) is 22.6 Å². The van der Waals surface area contributed by atoms with Crippen LogP contribution >= 0.6 is 0 Å². The lowest BCUT2D eigenvalue weighted by molar-refractivity contribution is 0.315. The molecule has 0 N–H and O–H groups in total. The van der Waals surface area contributed by atoms with E-state index >= 15 is 0 Å². The third kappa shape index (κ3) is 2.10. The van der Waals surface area contributed by atoms with Crippen molar-refractivity contribution in [3.8, 4) is 0 Å². The van der Waals surface area contributed by atoms with Gasteiger partial charge in [-0.15, -0.1) is 0 Å². The number of rotatable bonds is 3. The second-order valence-corrected chi connectivity index (χ2v) is 5.39. The van der Waals surface area contributed by atoms with Crippen LogP contribution in [0.2, 0.25) is 0 Å². The van der Waals surface area contributed by atoms with Gasteiger partial charge in [0.25, 0.3) is 5.56 Å². The van der Waals surface area contributed by atoms with Crippen molar-refractivity contribution in [1.29, 1.82) is 0 Å². The zero-order chi connectivity index (χ0) is 16.0. The average molecular weight is 310 g/mol. The van der Waals surface area contributed by atoms with Crippen LogP contribution in [0.15, 0.2) is 33.9 Å². The monoisotopic (exact) mass is 310 g/mol. The largest absolute Gasteiger partial charge is 0.293 e. The summed E-state index contributed by atoms with van der Waals surface area (Å²) < 4.78 is 7.86. The SMILES string of the molecule is CCc1nn(C)c2c(=O)n(Cc3ccc4nonc4c3)cnc12. The summed E-state index contributed by atoms with van der Waals surface area (Å²) in [5.74, 6) is 0. The molecule has 0 bridgehead atoms. The number of hydrogen-bond donors (Lipinski definition) is 0. The molecular weight excluding hydrogens is 296 g/mol. The first-order valence-electron chi connectivity index (χ1n) is 7.29. The van der Waals surface area contributed by atoms with E-state index in [0.717, 1.165) is 17.7 Å². The van der Waals surface area contributed by atoms with Gasteiger partial charge in [0.2, 0.25) is 0 Å². The van der Waals surface area contributed by atoms with Crippen LogP contribution in [0.3, 0.4) is 0 Å². The second kappa shape index (κ2) is 5.01. The molecule has 116 valence electrons. The fraction of sp³-hybridized carbons (Fsp3) is 0.267. The number of nitrogens with zero attached hydrogens (tertiary/aromatic N) is 6. The van der Waals surface area contributed by atoms with Gasteiger partial charge in [0.1, 0.15) is 16.6 Å². The summed E-state index contributed by atoms with van der Waals surface area (Å²) in [4.78, 5) is 17.1. The Bertz CT molecular complexity index is 1070. The molecule has 4 aromatic rings. The van der Waals surface area contributed by atoms with Gasteiger partial charge < -0.3 is 0 Å². The highest BCUT2D eigenvalue weighted by Crippen LogP contribution is 2.14. The maximum atomic E-state index is 12.7. The molecule has 3 aromatic heterocycles. The van der Waals surface area contributed by atoms with Crippen LogP contribution in [0.4, 0.5) is 0 Å². The number of aryl methyl sites for hydroxylation is 2. The molecule has 0 radical (unpaired) electrons. The van der Waals surface area contributed by atoms with E-state index in [0.29, 0.717) is 28.6 Å². The van der Waals surface area contributed by atoms with Crippen LogP contribution in [0, 0.1) is 0 Å². The molecule has 4 rings (SSSR count). The van der Waals surface area contributed by atoms with Gasteiger partial charge in [0.05, 0.1) is 18.6 Å². The highest BCUT2D eigenvalue weighted by molar-refractivity contribution is 5.76. The third-order valence-corrected chi connectivity index (χ3v) is 3.89. The fourth-order valence-corrected chi connectivity index (χ4v) is 2.73. The van der Waals surface area contributed by atoms with E-state index in [1.165, 1.54) is 0 Å². The Balaban J connectivity index is 1.81. The van der Waals surface area contributed by atoms with Gasteiger partial charge in [0.15, 0.2) is 5.52 Å². The topological polar surface area (TPSA) is 91.6 Å². The summed E-state index contributed by atoms with van der Waals surface area (Å²) in [5, 5.41) is 12.0. The third-order valence-electron chi connectivity index (χ3n) is 3.89. The molecule has 8 nitrogen and oxygen atoms in total. The zero-order valence-corrected chi connectivity index (χ0v) is 12.7. The molecule has 0 saturated carbocycles. The van der Waals surface area contributed by atoms with E-state index in [9.17, 15) is 4.79 Å². The first kappa shape index (κ1) is 13.6. The molecular formula is C15H14N6O2. The fourth-order valence-electron chi connectivity index (χ4n) is 2.73. The predicted molar refractivity (Wildman–Crippen MR) is 83.1 cm³/mol. The van der Waals surface area contributed by atoms with Crippen molar-refractivity contribution < 1.29 is 4.63 Å². The summed E-state index contributed by atoms with van der Waals surface area (Å²) in [6.45, 7) is 2.40. The maximum absolute atomic E-state index is 12.7. The highest BCUT2D eigenvalue weighted by Gasteiger charge is 2.14.